The lowest BCUT2D eigenvalue weighted by Crippen LogP contribution is -2.40. The second kappa shape index (κ2) is 2.79. The summed E-state index contributed by atoms with van der Waals surface area (Å²) in [6, 6.07) is 0. The number of hydrogen-bond acceptors (Lipinski definition) is 2. The fourth-order valence-corrected chi connectivity index (χ4v) is 0.310. The van der Waals surface area contributed by atoms with Gasteiger partial charge in [-0.1, -0.05) is 0 Å². The minimum atomic E-state index is 0.0613. The first-order chi connectivity index (χ1) is 3.62. The van der Waals surface area contributed by atoms with Crippen LogP contribution in [0.4, 0.5) is 0 Å². The minimum Gasteiger partial charge on any atom is -0.390 e. The van der Waals surface area contributed by atoms with Gasteiger partial charge in [-0.05, 0) is 0 Å². The summed E-state index contributed by atoms with van der Waals surface area (Å²) in [4.78, 5) is 10.1. The number of carbonyl (C=O) groups is 1. The van der Waals surface area contributed by atoms with Gasteiger partial charge in [0.15, 0.2) is 0 Å². The van der Waals surface area contributed by atoms with Gasteiger partial charge in [0.05, 0.1) is 20.7 Å². The van der Waals surface area contributed by atoms with Gasteiger partial charge in [-0.15, -0.1) is 0 Å². The van der Waals surface area contributed by atoms with Crippen molar-refractivity contribution in [1.29, 1.82) is 0 Å². The highest BCUT2D eigenvalue weighted by atomic mass is 16.3. The molecule has 1 N–H and O–H groups in total. The van der Waals surface area contributed by atoms with Gasteiger partial charge in [0.25, 0.3) is 0 Å². The van der Waals surface area contributed by atoms with Gasteiger partial charge in [-0.25, -0.2) is 4.79 Å². The highest BCUT2D eigenvalue weighted by Crippen LogP contribution is 1.86. The molecular weight excluding hydrogens is 106 g/mol. The molecule has 3 nitrogen and oxygen atoms in total. The zero-order chi connectivity index (χ0) is 6.62. The Morgan fingerprint density at radius 2 is 2.12 bits per heavy atom. The van der Waals surface area contributed by atoms with E-state index in [9.17, 15) is 4.79 Å². The van der Waals surface area contributed by atoms with E-state index in [1.54, 1.807) is 14.1 Å². The maximum Gasteiger partial charge on any atom is 0.301 e. The summed E-state index contributed by atoms with van der Waals surface area (Å²) >= 11 is 0. The molecule has 0 radical (unpaired) electrons. The number of hydrogen-bond donors (Lipinski definition) is 1. The van der Waals surface area contributed by atoms with E-state index in [-0.39, 0.29) is 11.1 Å². The lowest BCUT2D eigenvalue weighted by atomic mass is 10.5. The third kappa shape index (κ3) is 2.71. The van der Waals surface area contributed by atoms with Crippen molar-refractivity contribution in [3.8, 4) is 0 Å². The van der Waals surface area contributed by atoms with Crippen molar-refractivity contribution in [1.82, 2.24) is 0 Å². The fraction of sp³-hybridized carbons (Fsp3) is 0.800. The summed E-state index contributed by atoms with van der Waals surface area (Å²) in [5.41, 5.74) is 0. The topological polar surface area (TPSA) is 37.3 Å². The molecule has 0 unspecified atom stereocenters. The van der Waals surface area contributed by atoms with Crippen molar-refractivity contribution < 1.29 is 14.4 Å². The maximum atomic E-state index is 10.1. The molecule has 0 rings (SSSR count). The second-order valence-electron chi connectivity index (χ2n) is 2.33. The normalized spacial score (nSPS) is 11.4. The molecule has 0 aromatic carbocycles. The first kappa shape index (κ1) is 7.59. The number of rotatable bonds is 3. The molecule has 0 atom stereocenters. The quantitative estimate of drug-likeness (QED) is 0.389. The largest absolute Gasteiger partial charge is 0.390 e. The molecule has 0 saturated heterocycles. The minimum absolute atomic E-state index is 0.0613. The van der Waals surface area contributed by atoms with Crippen LogP contribution in [0.25, 0.3) is 0 Å². The van der Waals surface area contributed by atoms with Gasteiger partial charge in [-0.2, -0.15) is 0 Å². The summed E-state index contributed by atoms with van der Waals surface area (Å²) in [5, 5.41) is 8.36. The van der Waals surface area contributed by atoms with E-state index in [0.717, 1.165) is 6.41 Å². The van der Waals surface area contributed by atoms with Gasteiger partial charge in [0.2, 0.25) is 0 Å². The molecule has 1 amide bonds. The van der Waals surface area contributed by atoms with Crippen molar-refractivity contribution in [2.75, 3.05) is 27.2 Å². The maximum absolute atomic E-state index is 10.1. The van der Waals surface area contributed by atoms with Gasteiger partial charge >= 0.3 is 6.41 Å². The molecule has 0 aliphatic carbocycles. The Hall–Kier alpha value is -0.410. The van der Waals surface area contributed by atoms with Crippen LogP contribution in [-0.2, 0) is 4.79 Å². The molecule has 0 aromatic rings. The standard InChI is InChI=1S/C5H12NO2/c1-6(2,5-8)3-4-7/h5,7H,3-4H2,1-2H3/q+1. The predicted octanol–water partition coefficient (Wildman–Crippen LogP) is -0.789. The zero-order valence-corrected chi connectivity index (χ0v) is 5.29. The number of carbonyl (C=O) groups excluding carboxylic acids is 1. The number of quaternary nitrogens is 1. The molecule has 0 aromatic heterocycles. The zero-order valence-electron chi connectivity index (χ0n) is 5.29. The van der Waals surface area contributed by atoms with E-state index >= 15 is 0 Å². The molecule has 48 valence electrons. The third-order valence-electron chi connectivity index (χ3n) is 0.962. The van der Waals surface area contributed by atoms with Crippen LogP contribution in [0, 0.1) is 0 Å². The molecule has 0 saturated carbocycles. The van der Waals surface area contributed by atoms with Crippen LogP contribution in [0.15, 0.2) is 0 Å². The van der Waals surface area contributed by atoms with Gasteiger partial charge in [-0.3, -0.25) is 4.48 Å². The van der Waals surface area contributed by atoms with Crippen molar-refractivity contribution >= 4 is 6.41 Å². The smallest absolute Gasteiger partial charge is 0.301 e. The molecule has 0 bridgehead atoms. The molecule has 0 aliphatic heterocycles. The van der Waals surface area contributed by atoms with E-state index in [0.29, 0.717) is 6.54 Å². The highest BCUT2D eigenvalue weighted by Gasteiger charge is 2.10. The highest BCUT2D eigenvalue weighted by molar-refractivity contribution is 5.36. The summed E-state index contributed by atoms with van der Waals surface area (Å²) in [5.74, 6) is 0. The van der Waals surface area contributed by atoms with Crippen LogP contribution in [0.3, 0.4) is 0 Å². The van der Waals surface area contributed by atoms with Gasteiger partial charge in [0.1, 0.15) is 6.54 Å². The average Bonchev–Trinajstić information content (AvgIpc) is 1.67. The Bertz CT molecular complexity index is 80.5. The first-order valence-electron chi connectivity index (χ1n) is 2.52. The van der Waals surface area contributed by atoms with Crippen molar-refractivity contribution in [3.05, 3.63) is 0 Å². The number of amides is 1. The SMILES string of the molecule is C[N+](C)(C=O)CCO. The van der Waals surface area contributed by atoms with Crippen LogP contribution in [-0.4, -0.2) is 43.2 Å². The summed E-state index contributed by atoms with van der Waals surface area (Å²) in [6.07, 6.45) is 0.802. The Labute approximate surface area is 49.1 Å². The molecule has 0 heterocycles. The number of nitrogens with zero attached hydrogens (tertiary/aromatic N) is 1. The number of likely N-dealkylation sites (N-methyl/N-ethyl adjacent to an activating group) is 1. The Morgan fingerprint density at radius 1 is 1.62 bits per heavy atom. The molecule has 3 heteroatoms. The van der Waals surface area contributed by atoms with E-state index in [1.807, 2.05) is 0 Å². The summed E-state index contributed by atoms with van der Waals surface area (Å²) < 4.78 is 0.233. The second-order valence-corrected chi connectivity index (χ2v) is 2.33. The van der Waals surface area contributed by atoms with Crippen LogP contribution >= 0.6 is 0 Å². The van der Waals surface area contributed by atoms with Gasteiger partial charge < -0.3 is 5.11 Å². The average molecular weight is 118 g/mol. The van der Waals surface area contributed by atoms with Crippen LogP contribution in [0.1, 0.15) is 0 Å². The number of aliphatic hydroxyl groups excluding tert-OH is 1. The molecule has 8 heavy (non-hydrogen) atoms. The molecule has 0 fully saturated rings. The lowest BCUT2D eigenvalue weighted by molar-refractivity contribution is -0.804. The molecular formula is C5H12NO2+. The van der Waals surface area contributed by atoms with E-state index < -0.39 is 0 Å². The van der Waals surface area contributed by atoms with Crippen molar-refractivity contribution in [2.45, 2.75) is 0 Å². The Balaban J connectivity index is 3.53. The van der Waals surface area contributed by atoms with Gasteiger partial charge in [0, 0.05) is 0 Å². The summed E-state index contributed by atoms with van der Waals surface area (Å²) in [6.45, 7) is 0.551. The summed E-state index contributed by atoms with van der Waals surface area (Å²) in [7, 11) is 3.48. The Kier molecular flexibility index (Phi) is 2.65. The molecule has 0 aliphatic rings. The Morgan fingerprint density at radius 3 is 2.25 bits per heavy atom. The number of aliphatic hydroxyl groups is 1. The van der Waals surface area contributed by atoms with Crippen molar-refractivity contribution in [2.24, 2.45) is 0 Å². The predicted molar refractivity (Wildman–Crippen MR) is 30.1 cm³/mol. The third-order valence-corrected chi connectivity index (χ3v) is 0.962. The van der Waals surface area contributed by atoms with Crippen LogP contribution in [0.5, 0.6) is 0 Å². The van der Waals surface area contributed by atoms with Crippen molar-refractivity contribution in [3.63, 3.8) is 0 Å². The van der Waals surface area contributed by atoms with E-state index in [2.05, 4.69) is 0 Å². The lowest BCUT2D eigenvalue weighted by Gasteiger charge is -2.18. The fourth-order valence-electron chi connectivity index (χ4n) is 0.310. The first-order valence-corrected chi connectivity index (χ1v) is 2.52. The molecule has 0 spiro atoms. The monoisotopic (exact) mass is 118 g/mol. The van der Waals surface area contributed by atoms with E-state index in [4.69, 9.17) is 5.11 Å². The van der Waals surface area contributed by atoms with E-state index in [1.165, 1.54) is 0 Å². The van der Waals surface area contributed by atoms with Crippen LogP contribution in [0.2, 0.25) is 0 Å². The van der Waals surface area contributed by atoms with Crippen LogP contribution < -0.4 is 0 Å².